The predicted octanol–water partition coefficient (Wildman–Crippen LogP) is 18.0. The molecule has 0 aromatic heterocycles. The number of carboxylic acid groups (broad SMARTS) is 1. The van der Waals surface area contributed by atoms with Crippen molar-refractivity contribution >= 4 is 17.9 Å². The van der Waals surface area contributed by atoms with Gasteiger partial charge in [0.2, 0.25) is 0 Å². The number of carboxylic acids is 1. The van der Waals surface area contributed by atoms with E-state index < -0.39 is 24.3 Å². The normalized spacial score (nSPS) is 13.2. The topological polar surface area (TPSA) is 111 Å². The maximum atomic E-state index is 12.9. The van der Waals surface area contributed by atoms with E-state index in [1.54, 1.807) is 0 Å². The number of carbonyl (C=O) groups excluding carboxylic acids is 3. The van der Waals surface area contributed by atoms with Gasteiger partial charge in [0.05, 0.1) is 40.3 Å². The molecule has 2 unspecified atom stereocenters. The minimum Gasteiger partial charge on any atom is -0.545 e. The van der Waals surface area contributed by atoms with Gasteiger partial charge in [-0.25, -0.2) is 0 Å². The van der Waals surface area contributed by atoms with Crippen molar-refractivity contribution in [3.63, 3.8) is 0 Å². The standard InChI is InChI=1S/C68H121NO8/c1-6-8-10-12-14-16-18-20-22-24-26-28-30-31-32-33-34-35-37-39-41-43-45-47-49-51-53-55-57-59-66(71)77-64(63-76-68(67(72)73)74-61-60-69(3,4)5)62-75-65(70)58-56-54-52-50-48-46-44-42-40-38-36-29-27-25-23-21-19-17-15-13-11-9-7-2/h18-21,24-27,30-31,36,38,64,68H,6-17,22-23,28-29,32-35,37,39-63H2,1-5H3/b20-18-,21-19-,26-24-,27-25-,31-30-,38-36-. The average molecular weight is 1080 g/mol. The van der Waals surface area contributed by atoms with Crippen LogP contribution in [0.25, 0.3) is 0 Å². The fourth-order valence-corrected chi connectivity index (χ4v) is 8.96. The molecule has 0 fully saturated rings. The first-order chi connectivity index (χ1) is 37.6. The Labute approximate surface area is 475 Å². The Kier molecular flexibility index (Phi) is 56.4. The first kappa shape index (κ1) is 73.7. The number of rotatable bonds is 59. The van der Waals surface area contributed by atoms with E-state index in [9.17, 15) is 19.5 Å². The highest BCUT2D eigenvalue weighted by Gasteiger charge is 2.22. The molecule has 0 saturated carbocycles. The van der Waals surface area contributed by atoms with Gasteiger partial charge in [0.1, 0.15) is 13.2 Å². The number of carbonyl (C=O) groups is 3. The van der Waals surface area contributed by atoms with Crippen LogP contribution in [0, 0.1) is 0 Å². The highest BCUT2D eigenvalue weighted by atomic mass is 16.7. The monoisotopic (exact) mass is 1080 g/mol. The number of unbranched alkanes of at least 4 members (excludes halogenated alkanes) is 32. The largest absolute Gasteiger partial charge is 0.545 e. The van der Waals surface area contributed by atoms with Crippen LogP contribution in [0.1, 0.15) is 284 Å². The maximum Gasteiger partial charge on any atom is 0.306 e. The van der Waals surface area contributed by atoms with Gasteiger partial charge in [0.15, 0.2) is 12.4 Å². The van der Waals surface area contributed by atoms with Crippen molar-refractivity contribution in [3.05, 3.63) is 72.9 Å². The number of hydrogen-bond acceptors (Lipinski definition) is 8. The quantitative estimate of drug-likeness (QED) is 0.0195. The molecule has 0 spiro atoms. The molecule has 2 atom stereocenters. The van der Waals surface area contributed by atoms with E-state index in [-0.39, 0.29) is 38.6 Å². The van der Waals surface area contributed by atoms with Crippen molar-refractivity contribution in [1.82, 2.24) is 0 Å². The third-order valence-corrected chi connectivity index (χ3v) is 13.9. The van der Waals surface area contributed by atoms with Crippen molar-refractivity contribution in [1.29, 1.82) is 0 Å². The van der Waals surface area contributed by atoms with Crippen LogP contribution < -0.4 is 5.11 Å². The summed E-state index contributed by atoms with van der Waals surface area (Å²) in [5.41, 5.74) is 0. The molecule has 0 aliphatic rings. The molecule has 0 aliphatic carbocycles. The molecule has 0 heterocycles. The Balaban J connectivity index is 4.19. The van der Waals surface area contributed by atoms with Gasteiger partial charge in [-0.15, -0.1) is 0 Å². The SMILES string of the molecule is CCCCCCC/C=C\C/C=C\C/C=C\CCCCCCCCCCCCCCCCC(=O)OC(COC(=O)CCCCCCCCCC/C=C\C/C=C\C/C=C\CCCCCCC)COC(OCC[N+](C)(C)C)C(=O)[O-]. The number of nitrogens with zero attached hydrogens (tertiary/aromatic N) is 1. The number of hydrogen-bond donors (Lipinski definition) is 0. The lowest BCUT2D eigenvalue weighted by Crippen LogP contribution is -2.44. The summed E-state index contributed by atoms with van der Waals surface area (Å²) in [5.74, 6) is -2.29. The lowest BCUT2D eigenvalue weighted by atomic mass is 10.0. The first-order valence-electron chi connectivity index (χ1n) is 32.1. The number of likely N-dealkylation sites (N-methyl/N-ethyl adjacent to an activating group) is 1. The van der Waals surface area contributed by atoms with E-state index >= 15 is 0 Å². The van der Waals surface area contributed by atoms with Crippen LogP contribution in [0.2, 0.25) is 0 Å². The Morgan fingerprint density at radius 3 is 1.04 bits per heavy atom. The third-order valence-electron chi connectivity index (χ3n) is 13.9. The van der Waals surface area contributed by atoms with Gasteiger partial charge in [-0.05, 0) is 89.9 Å². The molecule has 0 saturated heterocycles. The Morgan fingerprint density at radius 2 is 0.701 bits per heavy atom. The Bertz CT molecular complexity index is 1490. The second-order valence-electron chi connectivity index (χ2n) is 22.7. The van der Waals surface area contributed by atoms with Gasteiger partial charge in [-0.2, -0.15) is 0 Å². The van der Waals surface area contributed by atoms with Crippen LogP contribution >= 0.6 is 0 Å². The summed E-state index contributed by atoms with van der Waals surface area (Å²) < 4.78 is 22.8. The minimum absolute atomic E-state index is 0.144. The van der Waals surface area contributed by atoms with E-state index in [4.69, 9.17) is 18.9 Å². The van der Waals surface area contributed by atoms with E-state index in [0.29, 0.717) is 17.4 Å². The molecule has 0 aliphatic heterocycles. The number of aliphatic carboxylic acids is 1. The van der Waals surface area contributed by atoms with Gasteiger partial charge >= 0.3 is 11.9 Å². The van der Waals surface area contributed by atoms with Gasteiger partial charge in [-0.1, -0.05) is 254 Å². The average Bonchev–Trinajstić information content (AvgIpc) is 3.40. The Morgan fingerprint density at radius 1 is 0.390 bits per heavy atom. The van der Waals surface area contributed by atoms with E-state index in [1.807, 2.05) is 21.1 Å². The summed E-state index contributed by atoms with van der Waals surface area (Å²) >= 11 is 0. The minimum atomic E-state index is -1.63. The van der Waals surface area contributed by atoms with Crippen molar-refractivity contribution < 1.29 is 42.9 Å². The van der Waals surface area contributed by atoms with Crippen LogP contribution in [-0.2, 0) is 33.3 Å². The molecule has 9 nitrogen and oxygen atoms in total. The van der Waals surface area contributed by atoms with Crippen LogP contribution in [0.4, 0.5) is 0 Å². The fraction of sp³-hybridized carbons (Fsp3) is 0.779. The van der Waals surface area contributed by atoms with Crippen LogP contribution in [0.15, 0.2) is 72.9 Å². The number of quaternary nitrogens is 1. The zero-order valence-corrected chi connectivity index (χ0v) is 50.8. The predicted molar refractivity (Wildman–Crippen MR) is 325 cm³/mol. The molecular weight excluding hydrogens is 959 g/mol. The summed E-state index contributed by atoms with van der Waals surface area (Å²) in [6.07, 6.45) is 73.8. The van der Waals surface area contributed by atoms with Crippen LogP contribution in [-0.4, -0.2) is 82.3 Å². The molecular formula is C68H121NO8. The highest BCUT2D eigenvalue weighted by Crippen LogP contribution is 2.16. The number of allylic oxidation sites excluding steroid dienone is 12. The van der Waals surface area contributed by atoms with Gasteiger partial charge in [-0.3, -0.25) is 9.59 Å². The molecule has 0 bridgehead atoms. The van der Waals surface area contributed by atoms with E-state index in [2.05, 4.69) is 86.8 Å². The first-order valence-corrected chi connectivity index (χ1v) is 32.1. The van der Waals surface area contributed by atoms with Crippen molar-refractivity contribution in [2.75, 3.05) is 47.5 Å². The molecule has 9 heteroatoms. The van der Waals surface area contributed by atoms with E-state index in [0.717, 1.165) is 77.0 Å². The summed E-state index contributed by atoms with van der Waals surface area (Å²) in [5, 5.41) is 11.8. The molecule has 0 N–H and O–H groups in total. The second-order valence-corrected chi connectivity index (χ2v) is 22.7. The summed E-state index contributed by atoms with van der Waals surface area (Å²) in [6.45, 7) is 4.74. The molecule has 77 heavy (non-hydrogen) atoms. The lowest BCUT2D eigenvalue weighted by Gasteiger charge is -2.26. The third kappa shape index (κ3) is 60.2. The summed E-state index contributed by atoms with van der Waals surface area (Å²) in [4.78, 5) is 37.4. The van der Waals surface area contributed by atoms with Gasteiger partial charge in [0.25, 0.3) is 0 Å². The second kappa shape index (κ2) is 58.9. The zero-order chi connectivity index (χ0) is 56.2. The molecule has 0 radical (unpaired) electrons. The number of esters is 2. The smallest absolute Gasteiger partial charge is 0.306 e. The van der Waals surface area contributed by atoms with Crippen molar-refractivity contribution in [2.24, 2.45) is 0 Å². The molecule has 446 valence electrons. The summed E-state index contributed by atoms with van der Waals surface area (Å²) in [6, 6.07) is 0. The van der Waals surface area contributed by atoms with Crippen LogP contribution in [0.3, 0.4) is 0 Å². The van der Waals surface area contributed by atoms with Crippen molar-refractivity contribution in [3.8, 4) is 0 Å². The highest BCUT2D eigenvalue weighted by molar-refractivity contribution is 5.70. The molecule has 0 amide bonds. The Hall–Kier alpha value is -3.27. The molecule has 0 rings (SSSR count). The maximum absolute atomic E-state index is 12.9. The van der Waals surface area contributed by atoms with Gasteiger partial charge < -0.3 is 33.3 Å². The van der Waals surface area contributed by atoms with E-state index in [1.165, 1.54) is 173 Å². The van der Waals surface area contributed by atoms with Crippen LogP contribution in [0.5, 0.6) is 0 Å². The fourth-order valence-electron chi connectivity index (χ4n) is 8.96. The lowest BCUT2D eigenvalue weighted by molar-refractivity contribution is -0.870. The zero-order valence-electron chi connectivity index (χ0n) is 50.8. The number of ether oxygens (including phenoxy) is 4. The van der Waals surface area contributed by atoms with Crippen molar-refractivity contribution in [2.45, 2.75) is 296 Å². The summed E-state index contributed by atoms with van der Waals surface area (Å²) in [7, 11) is 5.92. The van der Waals surface area contributed by atoms with Gasteiger partial charge in [0, 0.05) is 12.8 Å². The molecule has 0 aromatic carbocycles. The molecule has 0 aromatic rings.